The van der Waals surface area contributed by atoms with E-state index in [1.807, 2.05) is 4.90 Å². The van der Waals surface area contributed by atoms with E-state index < -0.39 is 4.92 Å². The average molecular weight is 378 g/mol. The van der Waals surface area contributed by atoms with E-state index >= 15 is 0 Å². The first kappa shape index (κ1) is 18.1. The summed E-state index contributed by atoms with van der Waals surface area (Å²) in [6.45, 7) is 1.87. The van der Waals surface area contributed by atoms with Crippen LogP contribution in [0.3, 0.4) is 0 Å². The van der Waals surface area contributed by atoms with Crippen LogP contribution in [0.1, 0.15) is 5.56 Å². The maximum atomic E-state index is 13.2. The zero-order valence-electron chi connectivity index (χ0n) is 13.9. The van der Waals surface area contributed by atoms with Gasteiger partial charge in [0, 0.05) is 37.3 Å². The molecule has 0 saturated carbocycles. The van der Waals surface area contributed by atoms with Gasteiger partial charge in [0.15, 0.2) is 0 Å². The standard InChI is InChI=1S/C18H17ClFN3O3/c19-14-4-5-16(17(12-14)23(25)26)21-6-8-22(9-7-21)18(24)11-13-2-1-3-15(20)10-13/h1-5,10,12H,6-9,11H2. The summed E-state index contributed by atoms with van der Waals surface area (Å²) in [6, 6.07) is 10.6. The number of amides is 1. The molecular weight excluding hydrogens is 361 g/mol. The van der Waals surface area contributed by atoms with Crippen LogP contribution in [-0.4, -0.2) is 41.9 Å². The van der Waals surface area contributed by atoms with Gasteiger partial charge < -0.3 is 9.80 Å². The molecule has 26 heavy (non-hydrogen) atoms. The molecule has 1 heterocycles. The minimum absolute atomic E-state index is 0.0444. The van der Waals surface area contributed by atoms with Gasteiger partial charge in [0.05, 0.1) is 11.3 Å². The maximum absolute atomic E-state index is 13.2. The summed E-state index contributed by atoms with van der Waals surface area (Å²) in [6.07, 6.45) is 0.138. The molecule has 1 fully saturated rings. The summed E-state index contributed by atoms with van der Waals surface area (Å²) < 4.78 is 13.2. The number of benzene rings is 2. The highest BCUT2D eigenvalue weighted by atomic mass is 35.5. The number of rotatable bonds is 4. The highest BCUT2D eigenvalue weighted by Crippen LogP contribution is 2.31. The molecule has 1 amide bonds. The topological polar surface area (TPSA) is 66.7 Å². The van der Waals surface area contributed by atoms with Crippen molar-refractivity contribution in [2.45, 2.75) is 6.42 Å². The second-order valence-corrected chi connectivity index (χ2v) is 6.50. The van der Waals surface area contributed by atoms with Crippen molar-refractivity contribution in [1.82, 2.24) is 4.90 Å². The molecule has 0 N–H and O–H groups in total. The van der Waals surface area contributed by atoms with Gasteiger partial charge in [-0.25, -0.2) is 4.39 Å². The van der Waals surface area contributed by atoms with Crippen LogP contribution in [0.25, 0.3) is 0 Å². The van der Waals surface area contributed by atoms with Crippen LogP contribution in [0, 0.1) is 15.9 Å². The molecule has 0 radical (unpaired) electrons. The Balaban J connectivity index is 1.64. The Morgan fingerprint density at radius 3 is 2.54 bits per heavy atom. The van der Waals surface area contributed by atoms with Crippen molar-refractivity contribution in [3.8, 4) is 0 Å². The van der Waals surface area contributed by atoms with Crippen LogP contribution >= 0.6 is 11.6 Å². The number of nitrogens with zero attached hydrogens (tertiary/aromatic N) is 3. The Labute approximate surface area is 154 Å². The first-order chi connectivity index (χ1) is 12.4. The van der Waals surface area contributed by atoms with E-state index in [4.69, 9.17) is 11.6 Å². The summed E-state index contributed by atoms with van der Waals surface area (Å²) in [5.41, 5.74) is 1.08. The highest BCUT2D eigenvalue weighted by molar-refractivity contribution is 6.30. The summed E-state index contributed by atoms with van der Waals surface area (Å²) in [7, 11) is 0. The number of hydrogen-bond donors (Lipinski definition) is 0. The molecule has 0 aliphatic carbocycles. The van der Waals surface area contributed by atoms with Gasteiger partial charge in [0.1, 0.15) is 11.5 Å². The number of hydrogen-bond acceptors (Lipinski definition) is 4. The van der Waals surface area contributed by atoms with Crippen LogP contribution in [0.5, 0.6) is 0 Å². The van der Waals surface area contributed by atoms with Crippen molar-refractivity contribution in [3.05, 3.63) is 69.0 Å². The molecule has 0 bridgehead atoms. The Hall–Kier alpha value is -2.67. The molecule has 2 aromatic carbocycles. The van der Waals surface area contributed by atoms with E-state index in [0.29, 0.717) is 42.5 Å². The van der Waals surface area contributed by atoms with E-state index in [1.165, 1.54) is 18.2 Å². The fourth-order valence-corrected chi connectivity index (χ4v) is 3.21. The van der Waals surface area contributed by atoms with E-state index in [9.17, 15) is 19.3 Å². The lowest BCUT2D eigenvalue weighted by molar-refractivity contribution is -0.384. The van der Waals surface area contributed by atoms with Crippen molar-refractivity contribution >= 4 is 28.9 Å². The molecular formula is C18H17ClFN3O3. The summed E-state index contributed by atoms with van der Waals surface area (Å²) >= 11 is 5.85. The third-order valence-electron chi connectivity index (χ3n) is 4.35. The average Bonchev–Trinajstić information content (AvgIpc) is 2.62. The summed E-state index contributed by atoms with van der Waals surface area (Å²) in [5.74, 6) is -0.448. The van der Waals surface area contributed by atoms with E-state index in [-0.39, 0.29) is 23.8 Å². The van der Waals surface area contributed by atoms with Crippen LogP contribution in [0.2, 0.25) is 5.02 Å². The molecule has 1 aliphatic rings. The van der Waals surface area contributed by atoms with Crippen LogP contribution in [-0.2, 0) is 11.2 Å². The van der Waals surface area contributed by atoms with Crippen molar-refractivity contribution in [2.75, 3.05) is 31.1 Å². The molecule has 0 spiro atoms. The number of nitro benzene ring substituents is 1. The lowest BCUT2D eigenvalue weighted by atomic mass is 10.1. The number of piperazine rings is 1. The predicted molar refractivity (Wildman–Crippen MR) is 97.0 cm³/mol. The molecule has 136 valence electrons. The van der Waals surface area contributed by atoms with E-state index in [1.54, 1.807) is 29.2 Å². The lowest BCUT2D eigenvalue weighted by Crippen LogP contribution is -2.49. The second kappa shape index (κ2) is 7.70. The Kier molecular flexibility index (Phi) is 5.37. The number of halogens is 2. The van der Waals surface area contributed by atoms with E-state index in [0.717, 1.165) is 0 Å². The monoisotopic (exact) mass is 377 g/mol. The molecule has 6 nitrogen and oxygen atoms in total. The van der Waals surface area contributed by atoms with Gasteiger partial charge in [0.2, 0.25) is 5.91 Å². The SMILES string of the molecule is O=C(Cc1cccc(F)c1)N1CCN(c2ccc(Cl)cc2[N+](=O)[O-])CC1. The first-order valence-electron chi connectivity index (χ1n) is 8.15. The minimum Gasteiger partial charge on any atom is -0.362 e. The molecule has 8 heteroatoms. The highest BCUT2D eigenvalue weighted by Gasteiger charge is 2.26. The number of anilines is 1. The van der Waals surface area contributed by atoms with Gasteiger partial charge in [-0.3, -0.25) is 14.9 Å². The van der Waals surface area contributed by atoms with Gasteiger partial charge >= 0.3 is 0 Å². The Morgan fingerprint density at radius 1 is 1.15 bits per heavy atom. The predicted octanol–water partition coefficient (Wildman–Crippen LogP) is 3.28. The molecule has 2 aromatic rings. The number of carbonyl (C=O) groups is 1. The number of nitro groups is 1. The summed E-state index contributed by atoms with van der Waals surface area (Å²) in [4.78, 5) is 26.8. The quantitative estimate of drug-likeness (QED) is 0.605. The van der Waals surface area contributed by atoms with Crippen molar-refractivity contribution in [3.63, 3.8) is 0 Å². The van der Waals surface area contributed by atoms with Gasteiger partial charge in [-0.15, -0.1) is 0 Å². The second-order valence-electron chi connectivity index (χ2n) is 6.06. The molecule has 1 aliphatic heterocycles. The molecule has 0 unspecified atom stereocenters. The zero-order chi connectivity index (χ0) is 18.7. The third kappa shape index (κ3) is 4.11. The van der Waals surface area contributed by atoms with Gasteiger partial charge in [-0.2, -0.15) is 0 Å². The van der Waals surface area contributed by atoms with Gasteiger partial charge in [-0.1, -0.05) is 23.7 Å². The minimum atomic E-state index is -0.456. The third-order valence-corrected chi connectivity index (χ3v) is 4.59. The molecule has 0 aromatic heterocycles. The number of carbonyl (C=O) groups excluding carboxylic acids is 1. The molecule has 3 rings (SSSR count). The smallest absolute Gasteiger partial charge is 0.294 e. The fraction of sp³-hybridized carbons (Fsp3) is 0.278. The zero-order valence-corrected chi connectivity index (χ0v) is 14.7. The Bertz CT molecular complexity index is 838. The largest absolute Gasteiger partial charge is 0.362 e. The van der Waals surface area contributed by atoms with Gasteiger partial charge in [-0.05, 0) is 29.8 Å². The van der Waals surface area contributed by atoms with Crippen molar-refractivity contribution in [2.24, 2.45) is 0 Å². The van der Waals surface area contributed by atoms with Crippen LogP contribution in [0.4, 0.5) is 15.8 Å². The first-order valence-corrected chi connectivity index (χ1v) is 8.53. The maximum Gasteiger partial charge on any atom is 0.294 e. The molecule has 0 atom stereocenters. The van der Waals surface area contributed by atoms with Crippen LogP contribution in [0.15, 0.2) is 42.5 Å². The van der Waals surface area contributed by atoms with E-state index in [2.05, 4.69) is 0 Å². The van der Waals surface area contributed by atoms with Crippen LogP contribution < -0.4 is 4.90 Å². The normalized spacial score (nSPS) is 14.4. The van der Waals surface area contributed by atoms with Crippen molar-refractivity contribution < 1.29 is 14.1 Å². The molecule has 1 saturated heterocycles. The fourth-order valence-electron chi connectivity index (χ4n) is 3.04. The van der Waals surface area contributed by atoms with Gasteiger partial charge in [0.25, 0.3) is 5.69 Å². The van der Waals surface area contributed by atoms with Crippen molar-refractivity contribution in [1.29, 1.82) is 0 Å². The lowest BCUT2D eigenvalue weighted by Gasteiger charge is -2.36. The summed E-state index contributed by atoms with van der Waals surface area (Å²) in [5, 5.41) is 11.6. The Morgan fingerprint density at radius 2 is 1.88 bits per heavy atom.